The Morgan fingerprint density at radius 1 is 0.737 bits per heavy atom. The summed E-state index contributed by atoms with van der Waals surface area (Å²) in [7, 11) is 6.73. The van der Waals surface area contributed by atoms with Crippen LogP contribution in [-0.2, 0) is 10.6 Å². The van der Waals surface area contributed by atoms with E-state index in [1.54, 1.807) is 11.1 Å². The van der Waals surface area contributed by atoms with E-state index < -0.39 is 0 Å². The standard InChI is InChI=1S/C32H46N4P2/c37-20-31(25-13-21-12-22(15-25)16-26(31)14-21)27-7-6-24(23-4-2-1-3-5-23)17-28(27)32(38,29-18-33-8-10-35-29)30-19-34-9-11-36-30/h1-7,17,21-22,25-26,29-30,33-36H,8-16,18-20,37-38H2. The van der Waals surface area contributed by atoms with E-state index in [-0.39, 0.29) is 10.6 Å². The molecule has 6 aliphatic rings. The van der Waals surface area contributed by atoms with Crippen molar-refractivity contribution in [2.24, 2.45) is 23.7 Å². The first-order chi connectivity index (χ1) is 18.6. The highest BCUT2D eigenvalue weighted by atomic mass is 31.0. The zero-order valence-electron chi connectivity index (χ0n) is 22.7. The van der Waals surface area contributed by atoms with E-state index in [1.165, 1.54) is 49.4 Å². The smallest absolute Gasteiger partial charge is 0.0429 e. The van der Waals surface area contributed by atoms with Gasteiger partial charge in [0.05, 0.1) is 0 Å². The molecule has 2 saturated heterocycles. The van der Waals surface area contributed by atoms with Crippen molar-refractivity contribution >= 4 is 18.5 Å². The van der Waals surface area contributed by atoms with Gasteiger partial charge in [-0.15, -0.1) is 18.5 Å². The van der Waals surface area contributed by atoms with Crippen LogP contribution in [0.25, 0.3) is 11.1 Å². The lowest BCUT2D eigenvalue weighted by Gasteiger charge is -2.63. The lowest BCUT2D eigenvalue weighted by Crippen LogP contribution is -2.67. The van der Waals surface area contributed by atoms with Crippen molar-refractivity contribution in [1.29, 1.82) is 0 Å². The van der Waals surface area contributed by atoms with E-state index in [2.05, 4.69) is 88.3 Å². The number of hydrogen-bond donors (Lipinski definition) is 4. The monoisotopic (exact) mass is 548 g/mol. The maximum absolute atomic E-state index is 3.98. The Morgan fingerprint density at radius 3 is 1.87 bits per heavy atom. The molecule has 38 heavy (non-hydrogen) atoms. The Balaban J connectivity index is 1.43. The molecule has 0 radical (unpaired) electrons. The summed E-state index contributed by atoms with van der Waals surface area (Å²) in [6, 6.07) is 19.4. The second-order valence-electron chi connectivity index (χ2n) is 13.0. The highest BCUT2D eigenvalue weighted by Crippen LogP contribution is 2.65. The third kappa shape index (κ3) is 4.17. The SMILES string of the molecule is PCC1(c2ccc(-c3ccccc3)cc2C(P)(C2CNCCN2)C2CNCCN2)C2CC3CC(C2)CC1C3. The average Bonchev–Trinajstić information content (AvgIpc) is 2.98. The molecule has 8 rings (SSSR count). The molecule has 0 spiro atoms. The maximum Gasteiger partial charge on any atom is 0.0429 e. The number of benzene rings is 2. The van der Waals surface area contributed by atoms with Crippen molar-refractivity contribution in [2.45, 2.75) is 54.8 Å². The summed E-state index contributed by atoms with van der Waals surface area (Å²) >= 11 is 0. The zero-order chi connectivity index (χ0) is 25.7. The number of hydrogen-bond acceptors (Lipinski definition) is 4. The summed E-state index contributed by atoms with van der Waals surface area (Å²) in [5.41, 5.74) is 6.18. The molecule has 2 aromatic carbocycles. The summed E-state index contributed by atoms with van der Waals surface area (Å²) in [5.74, 6) is 3.59. The van der Waals surface area contributed by atoms with Crippen LogP contribution in [0.2, 0.25) is 0 Å². The summed E-state index contributed by atoms with van der Waals surface area (Å²) < 4.78 is 0. The predicted molar refractivity (Wildman–Crippen MR) is 166 cm³/mol. The Hall–Kier alpha value is -0.860. The Bertz CT molecular complexity index is 1080. The predicted octanol–water partition coefficient (Wildman–Crippen LogP) is 4.12. The molecule has 0 amide bonds. The molecule has 2 heterocycles. The van der Waals surface area contributed by atoms with Gasteiger partial charge in [0, 0.05) is 61.9 Å². The molecular formula is C32H46N4P2. The first-order valence-electron chi connectivity index (χ1n) is 15.2. The second kappa shape index (κ2) is 10.5. The van der Waals surface area contributed by atoms with Gasteiger partial charge in [0.1, 0.15) is 0 Å². The van der Waals surface area contributed by atoms with Crippen LogP contribution in [0, 0.1) is 23.7 Å². The highest BCUT2D eigenvalue weighted by Gasteiger charge is 2.59. The second-order valence-corrected chi connectivity index (χ2v) is 14.4. The van der Waals surface area contributed by atoms with E-state index in [9.17, 15) is 0 Å². The van der Waals surface area contributed by atoms with Crippen molar-refractivity contribution in [1.82, 2.24) is 21.3 Å². The van der Waals surface area contributed by atoms with Gasteiger partial charge < -0.3 is 21.3 Å². The molecule has 4 bridgehead atoms. The Morgan fingerprint density at radius 2 is 1.34 bits per heavy atom. The molecule has 2 aliphatic heterocycles. The molecule has 4 saturated carbocycles. The van der Waals surface area contributed by atoms with Crippen LogP contribution in [0.4, 0.5) is 0 Å². The first kappa shape index (κ1) is 26.1. The normalized spacial score (nSPS) is 38.2. The molecule has 4 aliphatic carbocycles. The molecule has 204 valence electrons. The van der Waals surface area contributed by atoms with Gasteiger partial charge in [-0.1, -0.05) is 42.5 Å². The van der Waals surface area contributed by atoms with E-state index in [1.807, 2.05) is 0 Å². The molecule has 0 aromatic heterocycles. The van der Waals surface area contributed by atoms with Gasteiger partial charge in [-0.05, 0) is 90.3 Å². The Kier molecular flexibility index (Phi) is 7.21. The summed E-state index contributed by atoms with van der Waals surface area (Å²) in [6.07, 6.45) is 8.46. The van der Waals surface area contributed by atoms with Crippen LogP contribution >= 0.6 is 18.5 Å². The van der Waals surface area contributed by atoms with Gasteiger partial charge in [-0.2, -0.15) is 0 Å². The van der Waals surface area contributed by atoms with E-state index in [4.69, 9.17) is 0 Å². The molecule has 4 N–H and O–H groups in total. The van der Waals surface area contributed by atoms with Gasteiger partial charge in [0.25, 0.3) is 0 Å². The highest BCUT2D eigenvalue weighted by molar-refractivity contribution is 7.18. The van der Waals surface area contributed by atoms with Crippen molar-refractivity contribution in [3.8, 4) is 11.1 Å². The molecule has 4 nitrogen and oxygen atoms in total. The fourth-order valence-electron chi connectivity index (χ4n) is 9.63. The number of rotatable bonds is 6. The lowest BCUT2D eigenvalue weighted by molar-refractivity contribution is -0.0507. The maximum atomic E-state index is 3.98. The summed E-state index contributed by atoms with van der Waals surface area (Å²) in [5, 5.41) is 15.3. The van der Waals surface area contributed by atoms with E-state index in [0.717, 1.165) is 62.9 Å². The average molecular weight is 549 g/mol. The minimum Gasteiger partial charge on any atom is -0.314 e. The minimum absolute atomic E-state index is 0.123. The fourth-order valence-corrected chi connectivity index (χ4v) is 11.2. The zero-order valence-corrected chi connectivity index (χ0v) is 25.0. The van der Waals surface area contributed by atoms with Crippen molar-refractivity contribution in [2.75, 3.05) is 45.4 Å². The van der Waals surface area contributed by atoms with E-state index in [0.29, 0.717) is 12.1 Å². The third-order valence-corrected chi connectivity index (χ3v) is 13.1. The van der Waals surface area contributed by atoms with Gasteiger partial charge >= 0.3 is 0 Å². The molecule has 4 unspecified atom stereocenters. The van der Waals surface area contributed by atoms with Crippen LogP contribution in [-0.4, -0.2) is 57.5 Å². The molecule has 6 heteroatoms. The molecule has 4 atom stereocenters. The molecular weight excluding hydrogens is 502 g/mol. The van der Waals surface area contributed by atoms with Crippen molar-refractivity contribution in [3.05, 3.63) is 59.7 Å². The van der Waals surface area contributed by atoms with Crippen LogP contribution < -0.4 is 21.3 Å². The van der Waals surface area contributed by atoms with Gasteiger partial charge in [-0.3, -0.25) is 0 Å². The van der Waals surface area contributed by atoms with Crippen molar-refractivity contribution in [3.63, 3.8) is 0 Å². The van der Waals surface area contributed by atoms with Gasteiger partial charge in [0.2, 0.25) is 0 Å². The van der Waals surface area contributed by atoms with Crippen LogP contribution in [0.1, 0.15) is 43.2 Å². The van der Waals surface area contributed by atoms with Gasteiger partial charge in [0.15, 0.2) is 0 Å². The third-order valence-electron chi connectivity index (χ3n) is 11.3. The lowest BCUT2D eigenvalue weighted by atomic mass is 9.43. The van der Waals surface area contributed by atoms with Gasteiger partial charge in [-0.25, -0.2) is 0 Å². The largest absolute Gasteiger partial charge is 0.314 e. The molecule has 2 aromatic rings. The first-order valence-corrected chi connectivity index (χ1v) is 16.6. The van der Waals surface area contributed by atoms with Crippen LogP contribution in [0.3, 0.4) is 0 Å². The van der Waals surface area contributed by atoms with E-state index >= 15 is 0 Å². The molecule has 6 fully saturated rings. The fraction of sp³-hybridized carbons (Fsp3) is 0.625. The van der Waals surface area contributed by atoms with Crippen LogP contribution in [0.15, 0.2) is 48.5 Å². The summed E-state index contributed by atoms with van der Waals surface area (Å²) in [4.78, 5) is 0. The minimum atomic E-state index is -0.123. The topological polar surface area (TPSA) is 48.1 Å². The Labute approximate surface area is 234 Å². The van der Waals surface area contributed by atoms with Crippen LogP contribution in [0.5, 0.6) is 0 Å². The quantitative estimate of drug-likeness (QED) is 0.411. The van der Waals surface area contributed by atoms with Crippen molar-refractivity contribution < 1.29 is 0 Å². The summed E-state index contributed by atoms with van der Waals surface area (Å²) in [6.45, 7) is 6.15. The number of piperazine rings is 2. The number of nitrogens with one attached hydrogen (secondary N) is 4.